The van der Waals surface area contributed by atoms with Crippen molar-refractivity contribution < 1.29 is 21.6 Å². The van der Waals surface area contributed by atoms with Crippen LogP contribution >= 0.6 is 11.6 Å². The molecule has 9 heteroatoms. The summed E-state index contributed by atoms with van der Waals surface area (Å²) >= 11 is 5.80. The lowest BCUT2D eigenvalue weighted by Crippen LogP contribution is -2.57. The highest BCUT2D eigenvalue weighted by Gasteiger charge is 2.42. The standard InChI is InChI=1S/C13H16ClF3N2O2S/c1-8-9(2)19(7-6-18-8)22(20,21)12-10(13(15,16)17)4-3-5-11(12)14/h3-5,8-9,18H,6-7H2,1-2H3. The van der Waals surface area contributed by atoms with Crippen LogP contribution < -0.4 is 5.32 Å². The number of halogens is 4. The molecule has 1 saturated heterocycles. The maximum absolute atomic E-state index is 13.1. The van der Waals surface area contributed by atoms with Gasteiger partial charge < -0.3 is 5.32 Å². The van der Waals surface area contributed by atoms with Gasteiger partial charge in [0, 0.05) is 25.2 Å². The van der Waals surface area contributed by atoms with Crippen LogP contribution in [0.25, 0.3) is 0 Å². The fourth-order valence-electron chi connectivity index (χ4n) is 2.48. The lowest BCUT2D eigenvalue weighted by atomic mass is 10.1. The fraction of sp³-hybridized carbons (Fsp3) is 0.538. The quantitative estimate of drug-likeness (QED) is 0.886. The molecule has 1 N–H and O–H groups in total. The first-order valence-electron chi connectivity index (χ1n) is 6.67. The van der Waals surface area contributed by atoms with E-state index in [9.17, 15) is 21.6 Å². The summed E-state index contributed by atoms with van der Waals surface area (Å²) in [6.45, 7) is 3.90. The summed E-state index contributed by atoms with van der Waals surface area (Å²) in [5, 5.41) is 2.66. The molecule has 1 aromatic carbocycles. The van der Waals surface area contributed by atoms with Crippen LogP contribution in [0.3, 0.4) is 0 Å². The number of nitrogens with zero attached hydrogens (tertiary/aromatic N) is 1. The molecule has 0 aliphatic carbocycles. The molecule has 1 aromatic rings. The van der Waals surface area contributed by atoms with Crippen LogP contribution in [-0.4, -0.2) is 37.9 Å². The molecule has 2 atom stereocenters. The van der Waals surface area contributed by atoms with Gasteiger partial charge in [0.05, 0.1) is 10.6 Å². The molecule has 1 aliphatic heterocycles. The summed E-state index contributed by atoms with van der Waals surface area (Å²) in [5.74, 6) is 0. The Balaban J connectivity index is 2.60. The zero-order valence-electron chi connectivity index (χ0n) is 12.0. The third kappa shape index (κ3) is 3.10. The topological polar surface area (TPSA) is 49.4 Å². The van der Waals surface area contributed by atoms with Crippen LogP contribution in [0.1, 0.15) is 19.4 Å². The minimum atomic E-state index is -4.80. The summed E-state index contributed by atoms with van der Waals surface area (Å²) in [4.78, 5) is -0.870. The van der Waals surface area contributed by atoms with Crippen molar-refractivity contribution in [2.75, 3.05) is 13.1 Å². The molecule has 124 valence electrons. The molecule has 0 spiro atoms. The van der Waals surface area contributed by atoms with Crippen molar-refractivity contribution in [2.24, 2.45) is 0 Å². The molecular formula is C13H16ClF3N2O2S. The Morgan fingerprint density at radius 3 is 2.55 bits per heavy atom. The maximum Gasteiger partial charge on any atom is 0.417 e. The van der Waals surface area contributed by atoms with Crippen LogP contribution in [0.4, 0.5) is 13.2 Å². The third-order valence-corrected chi connectivity index (χ3v) is 6.33. The van der Waals surface area contributed by atoms with Crippen LogP contribution in [0, 0.1) is 0 Å². The lowest BCUT2D eigenvalue weighted by molar-refractivity contribution is -0.139. The molecule has 2 rings (SSSR count). The zero-order valence-corrected chi connectivity index (χ0v) is 13.6. The van der Waals surface area contributed by atoms with Crippen LogP contribution in [0.15, 0.2) is 23.1 Å². The number of rotatable bonds is 2. The minimum absolute atomic E-state index is 0.0936. The Bertz CT molecular complexity index is 664. The normalized spacial score (nSPS) is 24.5. The van der Waals surface area contributed by atoms with Crippen LogP contribution in [0.2, 0.25) is 5.02 Å². The van der Waals surface area contributed by atoms with E-state index >= 15 is 0 Å². The van der Waals surface area contributed by atoms with E-state index in [4.69, 9.17) is 11.6 Å². The fourth-order valence-corrected chi connectivity index (χ4v) is 4.91. The van der Waals surface area contributed by atoms with Gasteiger partial charge in [-0.1, -0.05) is 17.7 Å². The summed E-state index contributed by atoms with van der Waals surface area (Å²) < 4.78 is 66.0. The number of piperazine rings is 1. The third-order valence-electron chi connectivity index (χ3n) is 3.82. The van der Waals surface area contributed by atoms with Crippen molar-refractivity contribution in [3.05, 3.63) is 28.8 Å². The van der Waals surface area contributed by atoms with E-state index in [1.54, 1.807) is 13.8 Å². The number of alkyl halides is 3. The number of nitrogens with one attached hydrogen (secondary N) is 1. The molecule has 4 nitrogen and oxygen atoms in total. The van der Waals surface area contributed by atoms with Gasteiger partial charge in [-0.15, -0.1) is 0 Å². The van der Waals surface area contributed by atoms with Gasteiger partial charge in [-0.05, 0) is 26.0 Å². The molecule has 0 bridgehead atoms. The van der Waals surface area contributed by atoms with Gasteiger partial charge in [0.2, 0.25) is 10.0 Å². The molecule has 0 amide bonds. The summed E-state index contributed by atoms with van der Waals surface area (Å²) in [6, 6.07) is 2.33. The molecule has 0 radical (unpaired) electrons. The molecule has 0 aromatic heterocycles. The van der Waals surface area contributed by atoms with Gasteiger partial charge in [-0.2, -0.15) is 17.5 Å². The maximum atomic E-state index is 13.1. The summed E-state index contributed by atoms with van der Waals surface area (Å²) in [5.41, 5.74) is -1.24. The van der Waals surface area contributed by atoms with Crippen molar-refractivity contribution in [1.29, 1.82) is 0 Å². The second kappa shape index (κ2) is 5.99. The number of benzene rings is 1. The van der Waals surface area contributed by atoms with E-state index in [-0.39, 0.29) is 12.6 Å². The van der Waals surface area contributed by atoms with Crippen molar-refractivity contribution in [2.45, 2.75) is 37.0 Å². The first-order valence-corrected chi connectivity index (χ1v) is 8.49. The largest absolute Gasteiger partial charge is 0.417 e. The van der Waals surface area contributed by atoms with Crippen molar-refractivity contribution in [1.82, 2.24) is 9.62 Å². The minimum Gasteiger partial charge on any atom is -0.311 e. The van der Waals surface area contributed by atoms with Gasteiger partial charge >= 0.3 is 6.18 Å². The highest BCUT2D eigenvalue weighted by atomic mass is 35.5. The smallest absolute Gasteiger partial charge is 0.311 e. The van der Waals surface area contributed by atoms with Crippen molar-refractivity contribution >= 4 is 21.6 Å². The predicted molar refractivity (Wildman–Crippen MR) is 77.3 cm³/mol. The van der Waals surface area contributed by atoms with E-state index in [2.05, 4.69) is 5.32 Å². The molecule has 0 saturated carbocycles. The first kappa shape index (κ1) is 17.5. The van der Waals surface area contributed by atoms with E-state index in [0.29, 0.717) is 6.54 Å². The molecule has 2 unspecified atom stereocenters. The van der Waals surface area contributed by atoms with Crippen LogP contribution in [-0.2, 0) is 16.2 Å². The molecular weight excluding hydrogens is 341 g/mol. The second-order valence-corrected chi connectivity index (χ2v) is 7.45. The first-order chi connectivity index (χ1) is 10.1. The van der Waals surface area contributed by atoms with Gasteiger partial charge in [-0.25, -0.2) is 8.42 Å². The van der Waals surface area contributed by atoms with Crippen molar-refractivity contribution in [3.63, 3.8) is 0 Å². The van der Waals surface area contributed by atoms with Gasteiger partial charge in [-0.3, -0.25) is 0 Å². The van der Waals surface area contributed by atoms with Crippen molar-refractivity contribution in [3.8, 4) is 0 Å². The lowest BCUT2D eigenvalue weighted by Gasteiger charge is -2.38. The molecule has 1 aliphatic rings. The van der Waals surface area contributed by atoms with E-state index in [0.717, 1.165) is 22.5 Å². The Kier molecular flexibility index (Phi) is 4.77. The van der Waals surface area contributed by atoms with Gasteiger partial charge in [0.25, 0.3) is 0 Å². The monoisotopic (exact) mass is 356 g/mol. The molecule has 1 fully saturated rings. The second-order valence-electron chi connectivity index (χ2n) is 5.21. The number of sulfonamides is 1. The summed E-state index contributed by atoms with van der Waals surface area (Å²) in [6.07, 6.45) is -4.80. The molecule has 22 heavy (non-hydrogen) atoms. The van der Waals surface area contributed by atoms with E-state index in [1.807, 2.05) is 0 Å². The van der Waals surface area contributed by atoms with Gasteiger partial charge in [0.15, 0.2) is 0 Å². The Morgan fingerprint density at radius 2 is 1.95 bits per heavy atom. The van der Waals surface area contributed by atoms with E-state index < -0.39 is 37.7 Å². The average molecular weight is 357 g/mol. The average Bonchev–Trinajstić information content (AvgIpc) is 2.40. The zero-order chi connectivity index (χ0) is 16.7. The Morgan fingerprint density at radius 1 is 1.32 bits per heavy atom. The van der Waals surface area contributed by atoms with Crippen LogP contribution in [0.5, 0.6) is 0 Å². The molecule has 1 heterocycles. The van der Waals surface area contributed by atoms with Gasteiger partial charge in [0.1, 0.15) is 4.90 Å². The Hall–Kier alpha value is -0.830. The van der Waals surface area contributed by atoms with E-state index in [1.165, 1.54) is 0 Å². The highest BCUT2D eigenvalue weighted by Crippen LogP contribution is 2.39. The Labute approximate surface area is 132 Å². The number of hydrogen-bond acceptors (Lipinski definition) is 3. The SMILES string of the molecule is CC1NCCN(S(=O)(=O)c2c(Cl)cccc2C(F)(F)F)C1C. The summed E-state index contributed by atoms with van der Waals surface area (Å²) in [7, 11) is -4.35. The highest BCUT2D eigenvalue weighted by molar-refractivity contribution is 7.89. The predicted octanol–water partition coefficient (Wildman–Crippen LogP) is 2.73. The number of hydrogen-bond donors (Lipinski definition) is 1.